The van der Waals surface area contributed by atoms with E-state index in [-0.39, 0.29) is 5.28 Å². The van der Waals surface area contributed by atoms with Gasteiger partial charge in [-0.05, 0) is 58.1 Å². The molecule has 0 saturated carbocycles. The molecule has 0 bridgehead atoms. The molecule has 7 heteroatoms. The van der Waals surface area contributed by atoms with Gasteiger partial charge in [-0.3, -0.25) is 0 Å². The van der Waals surface area contributed by atoms with Crippen LogP contribution < -0.4 is 0 Å². The third-order valence-electron chi connectivity index (χ3n) is 8.70. The fourth-order valence-corrected chi connectivity index (χ4v) is 6.41. The lowest BCUT2D eigenvalue weighted by Gasteiger charge is -2.11. The molecular formula is C43H26ClN5O. The number of nitrogens with zero attached hydrogens (tertiary/aromatic N) is 5. The fraction of sp³-hybridized carbons (Fsp3) is 0. The van der Waals surface area contributed by atoms with Crippen LogP contribution in [0.5, 0.6) is 0 Å². The Labute approximate surface area is 292 Å². The highest BCUT2D eigenvalue weighted by Gasteiger charge is 2.18. The Bertz CT molecular complexity index is 2560. The summed E-state index contributed by atoms with van der Waals surface area (Å²) >= 11 is 6.42. The zero-order valence-electron chi connectivity index (χ0n) is 26.5. The molecule has 0 unspecified atom stereocenters. The van der Waals surface area contributed by atoms with Crippen molar-refractivity contribution >= 4 is 33.7 Å². The second kappa shape index (κ2) is 12.5. The lowest BCUT2D eigenvalue weighted by atomic mass is 10.0. The highest BCUT2D eigenvalue weighted by Crippen LogP contribution is 2.36. The van der Waals surface area contributed by atoms with Crippen molar-refractivity contribution in [3.63, 3.8) is 0 Å². The van der Waals surface area contributed by atoms with Crippen LogP contribution in [0.2, 0.25) is 5.28 Å². The molecule has 0 amide bonds. The average Bonchev–Trinajstić information content (AvgIpc) is 3.57. The maximum Gasteiger partial charge on any atom is 0.223 e. The SMILES string of the molecule is Clc1nc(-c2ccc(-c3nc(-c4cccc(-c5ccccc5)c4)nc(-c4cccc(-c5ccccc5)c4)n3)cc2)c2oc3ccccc3c2n1. The number of furan rings is 1. The molecule has 0 atom stereocenters. The highest BCUT2D eigenvalue weighted by atomic mass is 35.5. The normalized spacial score (nSPS) is 11.3. The summed E-state index contributed by atoms with van der Waals surface area (Å²) in [6.07, 6.45) is 0. The Morgan fingerprint density at radius 3 is 1.46 bits per heavy atom. The predicted molar refractivity (Wildman–Crippen MR) is 200 cm³/mol. The first-order valence-electron chi connectivity index (χ1n) is 16.2. The van der Waals surface area contributed by atoms with E-state index >= 15 is 0 Å². The van der Waals surface area contributed by atoms with E-state index in [1.54, 1.807) is 0 Å². The standard InChI is InChI=1S/C43H26ClN5O/c44-43-45-37(39-38(46-43)35-19-7-8-20-36(35)50-39)29-21-23-30(24-22-29)40-47-41(33-17-9-15-31(25-33)27-11-3-1-4-12-27)49-42(48-40)34-18-10-16-32(26-34)28-13-5-2-6-14-28/h1-26H. The van der Waals surface area contributed by atoms with Gasteiger partial charge < -0.3 is 4.42 Å². The zero-order valence-corrected chi connectivity index (χ0v) is 27.3. The number of fused-ring (bicyclic) bond motifs is 3. The molecule has 0 aliphatic rings. The molecule has 0 fully saturated rings. The molecule has 6 nitrogen and oxygen atoms in total. The quantitative estimate of drug-likeness (QED) is 0.165. The Morgan fingerprint density at radius 1 is 0.380 bits per heavy atom. The largest absolute Gasteiger partial charge is 0.452 e. The molecule has 9 aromatic rings. The summed E-state index contributed by atoms with van der Waals surface area (Å²) in [6, 6.07) is 52.9. The van der Waals surface area contributed by atoms with Gasteiger partial charge in [0.25, 0.3) is 0 Å². The van der Waals surface area contributed by atoms with Gasteiger partial charge in [-0.25, -0.2) is 24.9 Å². The predicted octanol–water partition coefficient (Wildman–Crippen LogP) is 11.2. The van der Waals surface area contributed by atoms with Crippen LogP contribution in [-0.4, -0.2) is 24.9 Å². The number of hydrogen-bond acceptors (Lipinski definition) is 6. The van der Waals surface area contributed by atoms with Crippen molar-refractivity contribution in [2.24, 2.45) is 0 Å². The minimum Gasteiger partial charge on any atom is -0.452 e. The van der Waals surface area contributed by atoms with Gasteiger partial charge in [0.2, 0.25) is 5.28 Å². The van der Waals surface area contributed by atoms with Crippen LogP contribution in [-0.2, 0) is 0 Å². The molecule has 0 N–H and O–H groups in total. The Balaban J connectivity index is 1.16. The molecule has 236 valence electrons. The molecule has 0 aliphatic carbocycles. The van der Waals surface area contributed by atoms with Crippen LogP contribution in [0.1, 0.15) is 0 Å². The van der Waals surface area contributed by atoms with Gasteiger partial charge >= 0.3 is 0 Å². The summed E-state index contributed by atoms with van der Waals surface area (Å²) in [7, 11) is 0. The highest BCUT2D eigenvalue weighted by molar-refractivity contribution is 6.29. The lowest BCUT2D eigenvalue weighted by molar-refractivity contribution is 0.667. The molecule has 0 radical (unpaired) electrons. The number of halogens is 1. The van der Waals surface area contributed by atoms with E-state index in [4.69, 9.17) is 31.0 Å². The maximum absolute atomic E-state index is 6.42. The van der Waals surface area contributed by atoms with Crippen LogP contribution in [0.4, 0.5) is 0 Å². The minimum atomic E-state index is 0.158. The Hall–Kier alpha value is -6.50. The summed E-state index contributed by atoms with van der Waals surface area (Å²) in [5, 5.41) is 1.05. The van der Waals surface area contributed by atoms with E-state index in [0.717, 1.165) is 55.5 Å². The van der Waals surface area contributed by atoms with E-state index in [0.29, 0.717) is 34.3 Å². The van der Waals surface area contributed by atoms with Gasteiger partial charge in [-0.2, -0.15) is 0 Å². The van der Waals surface area contributed by atoms with Crippen molar-refractivity contribution in [1.29, 1.82) is 0 Å². The molecule has 3 heterocycles. The molecular weight excluding hydrogens is 638 g/mol. The fourth-order valence-electron chi connectivity index (χ4n) is 6.24. The number of aromatic nitrogens is 5. The van der Waals surface area contributed by atoms with Crippen LogP contribution >= 0.6 is 11.6 Å². The molecule has 0 saturated heterocycles. The van der Waals surface area contributed by atoms with Crippen LogP contribution in [0.15, 0.2) is 162 Å². The first-order chi connectivity index (χ1) is 24.7. The molecule has 50 heavy (non-hydrogen) atoms. The van der Waals surface area contributed by atoms with Crippen LogP contribution in [0, 0.1) is 0 Å². The molecule has 0 spiro atoms. The Morgan fingerprint density at radius 2 is 0.860 bits per heavy atom. The van der Waals surface area contributed by atoms with Gasteiger partial charge in [0.1, 0.15) is 16.8 Å². The van der Waals surface area contributed by atoms with Gasteiger partial charge in [-0.15, -0.1) is 0 Å². The molecule has 3 aromatic heterocycles. The second-order valence-corrected chi connectivity index (χ2v) is 12.2. The summed E-state index contributed by atoms with van der Waals surface area (Å²) in [5.41, 5.74) is 10.5. The molecule has 9 rings (SSSR count). The monoisotopic (exact) mass is 663 g/mol. The maximum atomic E-state index is 6.42. The van der Waals surface area contributed by atoms with Crippen LogP contribution in [0.3, 0.4) is 0 Å². The smallest absolute Gasteiger partial charge is 0.223 e. The number of benzene rings is 6. The molecule has 0 aliphatic heterocycles. The first kappa shape index (κ1) is 29.6. The summed E-state index contributed by atoms with van der Waals surface area (Å²) in [6.45, 7) is 0. The number of rotatable bonds is 6. The lowest BCUT2D eigenvalue weighted by Crippen LogP contribution is -2.00. The Kier molecular flexibility index (Phi) is 7.41. The zero-order chi connectivity index (χ0) is 33.4. The topological polar surface area (TPSA) is 77.6 Å². The van der Waals surface area contributed by atoms with Crippen molar-refractivity contribution < 1.29 is 4.42 Å². The van der Waals surface area contributed by atoms with Crippen LogP contribution in [0.25, 0.3) is 89.7 Å². The second-order valence-electron chi connectivity index (χ2n) is 11.9. The molecule has 6 aromatic carbocycles. The van der Waals surface area contributed by atoms with E-state index in [1.165, 1.54) is 0 Å². The van der Waals surface area contributed by atoms with E-state index in [1.807, 2.05) is 109 Å². The van der Waals surface area contributed by atoms with Gasteiger partial charge in [-0.1, -0.05) is 133 Å². The summed E-state index contributed by atoms with van der Waals surface area (Å²) in [4.78, 5) is 24.1. The van der Waals surface area contributed by atoms with Gasteiger partial charge in [0.05, 0.1) is 0 Å². The first-order valence-corrected chi connectivity index (χ1v) is 16.6. The van der Waals surface area contributed by atoms with Gasteiger partial charge in [0.15, 0.2) is 23.1 Å². The van der Waals surface area contributed by atoms with Crippen molar-refractivity contribution in [1.82, 2.24) is 24.9 Å². The third-order valence-corrected chi connectivity index (χ3v) is 8.87. The third kappa shape index (κ3) is 5.57. The average molecular weight is 664 g/mol. The van der Waals surface area contributed by atoms with Crippen molar-refractivity contribution in [2.45, 2.75) is 0 Å². The number of hydrogen-bond donors (Lipinski definition) is 0. The summed E-state index contributed by atoms with van der Waals surface area (Å²) < 4.78 is 6.20. The van der Waals surface area contributed by atoms with Gasteiger partial charge in [0, 0.05) is 27.6 Å². The van der Waals surface area contributed by atoms with E-state index in [2.05, 4.69) is 58.5 Å². The van der Waals surface area contributed by atoms with E-state index in [9.17, 15) is 0 Å². The van der Waals surface area contributed by atoms with Crippen molar-refractivity contribution in [2.75, 3.05) is 0 Å². The number of para-hydroxylation sites is 1. The van der Waals surface area contributed by atoms with Crippen molar-refractivity contribution in [3.8, 4) is 67.7 Å². The minimum absolute atomic E-state index is 0.158. The van der Waals surface area contributed by atoms with Crippen molar-refractivity contribution in [3.05, 3.63) is 163 Å². The summed E-state index contributed by atoms with van der Waals surface area (Å²) in [5.74, 6) is 1.73. The van der Waals surface area contributed by atoms with E-state index < -0.39 is 0 Å².